The Morgan fingerprint density at radius 1 is 1.14 bits per heavy atom. The largest absolute Gasteiger partial charge is 0.491 e. The zero-order valence-corrected chi connectivity index (χ0v) is 14.8. The van der Waals surface area contributed by atoms with Crippen LogP contribution in [0.5, 0.6) is 5.75 Å². The quantitative estimate of drug-likeness (QED) is 0.603. The maximum absolute atomic E-state index is 11.6. The third-order valence-electron chi connectivity index (χ3n) is 4.62. The van der Waals surface area contributed by atoms with Gasteiger partial charge < -0.3 is 9.16 Å². The maximum Gasteiger partial charge on any atom is 0.192 e. The van der Waals surface area contributed by atoms with Gasteiger partial charge in [-0.2, -0.15) is 0 Å². The molecule has 0 aliphatic heterocycles. The first kappa shape index (κ1) is 16.2. The van der Waals surface area contributed by atoms with Crippen molar-refractivity contribution in [3.63, 3.8) is 0 Å². The predicted octanol–water partition coefficient (Wildman–Crippen LogP) is 4.22. The van der Waals surface area contributed by atoms with Gasteiger partial charge in [0.05, 0.1) is 6.61 Å². The van der Waals surface area contributed by atoms with Crippen molar-refractivity contribution in [1.82, 2.24) is 0 Å². The second-order valence-corrected chi connectivity index (χ2v) is 12.0. The van der Waals surface area contributed by atoms with Gasteiger partial charge in [0, 0.05) is 12.0 Å². The number of Topliss-reactive ketones (excluding diaryl/α,β-unsaturated/α-hetero) is 1. The van der Waals surface area contributed by atoms with E-state index in [1.807, 2.05) is 18.2 Å². The number of carbonyl (C=O) groups is 1. The first-order chi connectivity index (χ1) is 9.71. The van der Waals surface area contributed by atoms with Gasteiger partial charge in [0.15, 0.2) is 14.1 Å². The number of hydrogen-bond donors (Lipinski definition) is 0. The molecule has 1 aliphatic rings. The van der Waals surface area contributed by atoms with E-state index in [0.29, 0.717) is 19.6 Å². The summed E-state index contributed by atoms with van der Waals surface area (Å²) in [6.07, 6.45) is 1.47. The number of aryl methyl sites for hydroxylation is 1. The lowest BCUT2D eigenvalue weighted by molar-refractivity contribution is 0.0994. The van der Waals surface area contributed by atoms with E-state index in [9.17, 15) is 4.79 Å². The molecule has 0 amide bonds. The van der Waals surface area contributed by atoms with Crippen molar-refractivity contribution in [2.45, 2.75) is 51.7 Å². The number of benzene rings is 1. The van der Waals surface area contributed by atoms with Crippen LogP contribution in [0.25, 0.3) is 0 Å². The minimum Gasteiger partial charge on any atom is -0.491 e. The summed E-state index contributed by atoms with van der Waals surface area (Å²) in [4.78, 5) is 11.6. The fourth-order valence-electron chi connectivity index (χ4n) is 2.19. The fraction of sp³-hybridized carbons (Fsp3) is 0.588. The Morgan fingerprint density at radius 3 is 2.52 bits per heavy atom. The molecule has 1 aliphatic carbocycles. The lowest BCUT2D eigenvalue weighted by Crippen LogP contribution is -2.41. The Labute approximate surface area is 128 Å². The van der Waals surface area contributed by atoms with Crippen LogP contribution in [0.4, 0.5) is 0 Å². The Bertz CT molecular complexity index is 529. The van der Waals surface area contributed by atoms with Crippen molar-refractivity contribution in [1.29, 1.82) is 0 Å². The highest BCUT2D eigenvalue weighted by Crippen LogP contribution is 2.36. The SMILES string of the molecule is CC(C)(C)[Si](C)(C)OCCOc1ccc2c(c1)CCC2=O. The lowest BCUT2D eigenvalue weighted by atomic mass is 10.1. The third kappa shape index (κ3) is 3.74. The molecular formula is C17H26O3Si. The van der Waals surface area contributed by atoms with E-state index in [0.717, 1.165) is 23.3 Å². The molecule has 0 saturated carbocycles. The average Bonchev–Trinajstić information content (AvgIpc) is 2.75. The minimum atomic E-state index is -1.69. The van der Waals surface area contributed by atoms with Gasteiger partial charge in [0.25, 0.3) is 0 Å². The smallest absolute Gasteiger partial charge is 0.192 e. The van der Waals surface area contributed by atoms with Crippen molar-refractivity contribution in [2.24, 2.45) is 0 Å². The number of rotatable bonds is 5. The summed E-state index contributed by atoms with van der Waals surface area (Å²) in [6, 6.07) is 5.76. The normalized spacial score (nSPS) is 15.2. The van der Waals surface area contributed by atoms with Gasteiger partial charge in [0.1, 0.15) is 12.4 Å². The molecule has 3 nitrogen and oxygen atoms in total. The van der Waals surface area contributed by atoms with Crippen molar-refractivity contribution in [2.75, 3.05) is 13.2 Å². The molecular weight excluding hydrogens is 280 g/mol. The van der Waals surface area contributed by atoms with Gasteiger partial charge >= 0.3 is 0 Å². The van der Waals surface area contributed by atoms with Crippen molar-refractivity contribution in [3.05, 3.63) is 29.3 Å². The second-order valence-electron chi connectivity index (χ2n) is 7.20. The first-order valence-electron chi connectivity index (χ1n) is 7.63. The summed E-state index contributed by atoms with van der Waals surface area (Å²) in [5, 5.41) is 0.223. The first-order valence-corrected chi connectivity index (χ1v) is 10.5. The topological polar surface area (TPSA) is 35.5 Å². The summed E-state index contributed by atoms with van der Waals surface area (Å²) in [7, 11) is -1.69. The molecule has 4 heteroatoms. The Morgan fingerprint density at radius 2 is 1.86 bits per heavy atom. The van der Waals surface area contributed by atoms with Crippen LogP contribution < -0.4 is 4.74 Å². The van der Waals surface area contributed by atoms with E-state index in [2.05, 4.69) is 33.9 Å². The van der Waals surface area contributed by atoms with Crippen LogP contribution in [-0.2, 0) is 10.8 Å². The molecule has 0 spiro atoms. The third-order valence-corrected chi connectivity index (χ3v) is 9.16. The van der Waals surface area contributed by atoms with E-state index < -0.39 is 8.32 Å². The molecule has 0 fully saturated rings. The van der Waals surface area contributed by atoms with Crippen LogP contribution in [0.3, 0.4) is 0 Å². The number of hydrogen-bond acceptors (Lipinski definition) is 3. The van der Waals surface area contributed by atoms with E-state index in [1.54, 1.807) is 0 Å². The maximum atomic E-state index is 11.6. The van der Waals surface area contributed by atoms with Gasteiger partial charge in [-0.3, -0.25) is 4.79 Å². The van der Waals surface area contributed by atoms with Crippen LogP contribution in [-0.4, -0.2) is 27.3 Å². The molecule has 2 rings (SSSR count). The van der Waals surface area contributed by atoms with Gasteiger partial charge in [-0.05, 0) is 48.3 Å². The summed E-state index contributed by atoms with van der Waals surface area (Å²) in [6.45, 7) is 12.4. The Balaban J connectivity index is 1.84. The number of ketones is 1. The zero-order valence-electron chi connectivity index (χ0n) is 13.8. The van der Waals surface area contributed by atoms with E-state index in [1.165, 1.54) is 0 Å². The number of fused-ring (bicyclic) bond motifs is 1. The fourth-order valence-corrected chi connectivity index (χ4v) is 3.22. The van der Waals surface area contributed by atoms with Crippen LogP contribution in [0.15, 0.2) is 18.2 Å². The van der Waals surface area contributed by atoms with Gasteiger partial charge in [-0.25, -0.2) is 0 Å². The molecule has 1 aromatic carbocycles. The van der Waals surface area contributed by atoms with Gasteiger partial charge in [-0.1, -0.05) is 20.8 Å². The summed E-state index contributed by atoms with van der Waals surface area (Å²) in [5.41, 5.74) is 1.97. The number of carbonyl (C=O) groups excluding carboxylic acids is 1. The summed E-state index contributed by atoms with van der Waals surface area (Å²) < 4.78 is 11.8. The monoisotopic (exact) mass is 306 g/mol. The molecule has 0 N–H and O–H groups in total. The minimum absolute atomic E-state index is 0.223. The highest BCUT2D eigenvalue weighted by molar-refractivity contribution is 6.74. The molecule has 0 radical (unpaired) electrons. The van der Waals surface area contributed by atoms with Crippen LogP contribution >= 0.6 is 0 Å². The van der Waals surface area contributed by atoms with Crippen LogP contribution in [0.2, 0.25) is 18.1 Å². The molecule has 0 saturated heterocycles. The van der Waals surface area contributed by atoms with Crippen molar-refractivity contribution < 1.29 is 14.0 Å². The highest BCUT2D eigenvalue weighted by atomic mass is 28.4. The molecule has 116 valence electrons. The Kier molecular flexibility index (Phi) is 4.59. The summed E-state index contributed by atoms with van der Waals surface area (Å²) in [5.74, 6) is 1.08. The number of ether oxygens (including phenoxy) is 1. The summed E-state index contributed by atoms with van der Waals surface area (Å²) >= 11 is 0. The van der Waals surface area contributed by atoms with E-state index in [4.69, 9.17) is 9.16 Å². The lowest BCUT2D eigenvalue weighted by Gasteiger charge is -2.36. The van der Waals surface area contributed by atoms with Crippen molar-refractivity contribution in [3.8, 4) is 5.75 Å². The van der Waals surface area contributed by atoms with Gasteiger partial charge in [0.2, 0.25) is 0 Å². The average molecular weight is 306 g/mol. The molecule has 0 aromatic heterocycles. The van der Waals surface area contributed by atoms with E-state index in [-0.39, 0.29) is 10.8 Å². The van der Waals surface area contributed by atoms with Gasteiger partial charge in [-0.15, -0.1) is 0 Å². The van der Waals surface area contributed by atoms with Crippen LogP contribution in [0.1, 0.15) is 43.1 Å². The molecule has 0 heterocycles. The molecule has 1 aromatic rings. The Hall–Kier alpha value is -1.13. The molecule has 0 bridgehead atoms. The molecule has 0 unspecified atom stereocenters. The van der Waals surface area contributed by atoms with Crippen molar-refractivity contribution >= 4 is 14.1 Å². The zero-order chi connectivity index (χ0) is 15.7. The predicted molar refractivity (Wildman–Crippen MR) is 87.7 cm³/mol. The highest BCUT2D eigenvalue weighted by Gasteiger charge is 2.36. The van der Waals surface area contributed by atoms with Crippen LogP contribution in [0, 0.1) is 0 Å². The standard InChI is InChI=1S/C17H26O3Si/c1-17(2,3)21(4,5)20-11-10-19-14-7-8-15-13(12-14)6-9-16(15)18/h7-8,12H,6,9-11H2,1-5H3. The second kappa shape index (κ2) is 5.93. The molecule has 0 atom stereocenters. The van der Waals surface area contributed by atoms with E-state index >= 15 is 0 Å². The molecule has 21 heavy (non-hydrogen) atoms.